The van der Waals surface area contributed by atoms with E-state index in [1.807, 2.05) is 13.1 Å². The second kappa shape index (κ2) is 8.04. The summed E-state index contributed by atoms with van der Waals surface area (Å²) in [5.41, 5.74) is 1.02. The van der Waals surface area contributed by atoms with Crippen LogP contribution in [0.5, 0.6) is 0 Å². The predicted molar refractivity (Wildman–Crippen MR) is 96.5 cm³/mol. The molecule has 2 aromatic rings. The van der Waals surface area contributed by atoms with Crippen LogP contribution in [-0.2, 0) is 17.9 Å². The van der Waals surface area contributed by atoms with Gasteiger partial charge in [0, 0.05) is 25.2 Å². The number of aromatic nitrogens is 4. The highest BCUT2D eigenvalue weighted by Gasteiger charge is 2.34. The summed E-state index contributed by atoms with van der Waals surface area (Å²) in [6.07, 6.45) is 1.61. The standard InChI is InChI=1S/C16H19BrClF2N5O/c1-9-11(17)7-24(22-9)6-2-5-21-12(26)8-25-15(10-3-4-10)13(18)14(23-25)16(19)20/h7,10,16H,2-6,8H2,1H3,(H,21,26). The smallest absolute Gasteiger partial charge is 0.283 e. The van der Waals surface area contributed by atoms with Crippen LogP contribution in [0.25, 0.3) is 0 Å². The zero-order valence-electron chi connectivity index (χ0n) is 14.2. The zero-order chi connectivity index (χ0) is 18.8. The van der Waals surface area contributed by atoms with Crippen LogP contribution in [0.15, 0.2) is 10.7 Å². The van der Waals surface area contributed by atoms with Gasteiger partial charge in [-0.1, -0.05) is 11.6 Å². The molecule has 0 bridgehead atoms. The van der Waals surface area contributed by atoms with E-state index in [1.165, 1.54) is 4.68 Å². The van der Waals surface area contributed by atoms with Crippen molar-refractivity contribution in [3.8, 4) is 0 Å². The molecule has 142 valence electrons. The fourth-order valence-corrected chi connectivity index (χ4v) is 3.44. The first-order chi connectivity index (χ1) is 12.4. The van der Waals surface area contributed by atoms with Crippen molar-refractivity contribution in [1.82, 2.24) is 24.9 Å². The van der Waals surface area contributed by atoms with E-state index in [1.54, 1.807) is 4.68 Å². The van der Waals surface area contributed by atoms with E-state index in [0.717, 1.165) is 23.0 Å². The molecule has 3 rings (SSSR count). The molecule has 26 heavy (non-hydrogen) atoms. The maximum Gasteiger partial charge on any atom is 0.283 e. The highest BCUT2D eigenvalue weighted by atomic mass is 79.9. The average molecular weight is 451 g/mol. The predicted octanol–water partition coefficient (Wildman–Crippen LogP) is 3.83. The van der Waals surface area contributed by atoms with Gasteiger partial charge in [-0.25, -0.2) is 8.78 Å². The van der Waals surface area contributed by atoms with Gasteiger partial charge in [-0.15, -0.1) is 0 Å². The normalized spacial score (nSPS) is 14.2. The molecule has 0 radical (unpaired) electrons. The number of alkyl halides is 2. The third kappa shape index (κ3) is 4.43. The zero-order valence-corrected chi connectivity index (χ0v) is 16.5. The topological polar surface area (TPSA) is 64.7 Å². The molecule has 2 heterocycles. The number of rotatable bonds is 8. The van der Waals surface area contributed by atoms with Crippen molar-refractivity contribution in [2.45, 2.75) is 51.6 Å². The number of nitrogens with zero attached hydrogens (tertiary/aromatic N) is 4. The minimum Gasteiger partial charge on any atom is -0.354 e. The van der Waals surface area contributed by atoms with Crippen LogP contribution >= 0.6 is 27.5 Å². The summed E-state index contributed by atoms with van der Waals surface area (Å²) in [6.45, 7) is 2.93. The van der Waals surface area contributed by atoms with E-state index >= 15 is 0 Å². The lowest BCUT2D eigenvalue weighted by atomic mass is 10.2. The van der Waals surface area contributed by atoms with E-state index in [4.69, 9.17) is 11.6 Å². The number of carbonyl (C=O) groups excluding carboxylic acids is 1. The molecule has 10 heteroatoms. The number of hydrogen-bond donors (Lipinski definition) is 1. The third-order valence-corrected chi connectivity index (χ3v) is 5.36. The summed E-state index contributed by atoms with van der Waals surface area (Å²) < 4.78 is 30.1. The molecule has 6 nitrogen and oxygen atoms in total. The van der Waals surface area contributed by atoms with Gasteiger partial charge in [-0.3, -0.25) is 14.2 Å². The molecule has 0 spiro atoms. The Morgan fingerprint density at radius 2 is 2.19 bits per heavy atom. The van der Waals surface area contributed by atoms with Crippen molar-refractivity contribution in [3.63, 3.8) is 0 Å². The molecule has 2 aromatic heterocycles. The van der Waals surface area contributed by atoms with Gasteiger partial charge in [0.1, 0.15) is 12.2 Å². The Morgan fingerprint density at radius 1 is 1.46 bits per heavy atom. The lowest BCUT2D eigenvalue weighted by Crippen LogP contribution is -2.30. The molecule has 1 aliphatic rings. The van der Waals surface area contributed by atoms with Crippen LogP contribution in [0.4, 0.5) is 8.78 Å². The number of amides is 1. The van der Waals surface area contributed by atoms with Crippen molar-refractivity contribution in [1.29, 1.82) is 0 Å². The van der Waals surface area contributed by atoms with Crippen LogP contribution < -0.4 is 5.32 Å². The SMILES string of the molecule is Cc1nn(CCCNC(=O)Cn2nc(C(F)F)c(Cl)c2C2CC2)cc1Br. The first kappa shape index (κ1) is 19.3. The van der Waals surface area contributed by atoms with Gasteiger partial charge in [0.25, 0.3) is 6.43 Å². The first-order valence-electron chi connectivity index (χ1n) is 8.37. The summed E-state index contributed by atoms with van der Waals surface area (Å²) in [7, 11) is 0. The van der Waals surface area contributed by atoms with Crippen molar-refractivity contribution < 1.29 is 13.6 Å². The summed E-state index contributed by atoms with van der Waals surface area (Å²) in [4.78, 5) is 12.1. The Labute approximate surface area is 163 Å². The summed E-state index contributed by atoms with van der Waals surface area (Å²) in [5.74, 6) is -0.151. The summed E-state index contributed by atoms with van der Waals surface area (Å²) in [6, 6.07) is 0. The van der Waals surface area contributed by atoms with Gasteiger partial charge in [0.2, 0.25) is 5.91 Å². The Balaban J connectivity index is 1.52. The minimum absolute atomic E-state index is 0.00470. The number of carbonyl (C=O) groups is 1. The average Bonchev–Trinajstić information content (AvgIpc) is 3.28. The van der Waals surface area contributed by atoms with Crippen LogP contribution in [-0.4, -0.2) is 32.0 Å². The molecule has 1 N–H and O–H groups in total. The van der Waals surface area contributed by atoms with Crippen molar-refractivity contribution in [3.05, 3.63) is 32.8 Å². The largest absolute Gasteiger partial charge is 0.354 e. The molecular formula is C16H19BrClF2N5O. The highest BCUT2D eigenvalue weighted by molar-refractivity contribution is 9.10. The monoisotopic (exact) mass is 449 g/mol. The van der Waals surface area contributed by atoms with E-state index in [9.17, 15) is 13.6 Å². The highest BCUT2D eigenvalue weighted by Crippen LogP contribution is 2.45. The lowest BCUT2D eigenvalue weighted by molar-refractivity contribution is -0.121. The lowest BCUT2D eigenvalue weighted by Gasteiger charge is -2.08. The molecule has 0 aliphatic heterocycles. The van der Waals surface area contributed by atoms with E-state index in [0.29, 0.717) is 25.2 Å². The quantitative estimate of drug-likeness (QED) is 0.622. The molecule has 1 aliphatic carbocycles. The van der Waals surface area contributed by atoms with Crippen LogP contribution in [0.3, 0.4) is 0 Å². The van der Waals surface area contributed by atoms with Crippen molar-refractivity contribution >= 4 is 33.4 Å². The molecular weight excluding hydrogens is 432 g/mol. The van der Waals surface area contributed by atoms with Gasteiger partial charge >= 0.3 is 0 Å². The van der Waals surface area contributed by atoms with E-state index in [-0.39, 0.29) is 23.4 Å². The first-order valence-corrected chi connectivity index (χ1v) is 9.54. The maximum absolute atomic E-state index is 13.0. The Kier molecular flexibility index (Phi) is 5.96. The van der Waals surface area contributed by atoms with Crippen molar-refractivity contribution in [2.75, 3.05) is 6.54 Å². The van der Waals surface area contributed by atoms with Crippen LogP contribution in [0.2, 0.25) is 5.02 Å². The Hall–Kier alpha value is -1.48. The van der Waals surface area contributed by atoms with Crippen LogP contribution in [0, 0.1) is 6.92 Å². The number of aryl methyl sites for hydroxylation is 2. The molecule has 1 saturated carbocycles. The minimum atomic E-state index is -2.75. The molecule has 0 unspecified atom stereocenters. The second-order valence-corrected chi connectivity index (χ2v) is 7.58. The number of hydrogen-bond acceptors (Lipinski definition) is 3. The van der Waals surface area contributed by atoms with Crippen molar-refractivity contribution in [2.24, 2.45) is 0 Å². The summed E-state index contributed by atoms with van der Waals surface area (Å²) >= 11 is 9.44. The third-order valence-electron chi connectivity index (χ3n) is 4.19. The van der Waals surface area contributed by atoms with Gasteiger partial charge in [0.05, 0.1) is 20.9 Å². The Morgan fingerprint density at radius 3 is 2.77 bits per heavy atom. The number of nitrogens with one attached hydrogen (secondary N) is 1. The maximum atomic E-state index is 13.0. The van der Waals surface area contributed by atoms with Crippen LogP contribution in [0.1, 0.15) is 48.7 Å². The fraction of sp³-hybridized carbons (Fsp3) is 0.562. The second-order valence-electron chi connectivity index (χ2n) is 6.35. The molecule has 0 atom stereocenters. The van der Waals surface area contributed by atoms with E-state index in [2.05, 4.69) is 31.4 Å². The number of halogens is 4. The summed E-state index contributed by atoms with van der Waals surface area (Å²) in [5, 5.41) is 11.0. The van der Waals surface area contributed by atoms with Gasteiger partial charge in [-0.2, -0.15) is 10.2 Å². The fourth-order valence-electron chi connectivity index (χ4n) is 2.75. The van der Waals surface area contributed by atoms with Gasteiger partial charge in [0.15, 0.2) is 0 Å². The Bertz CT molecular complexity index is 783. The van der Waals surface area contributed by atoms with Gasteiger partial charge < -0.3 is 5.32 Å². The molecule has 0 saturated heterocycles. The molecule has 0 aromatic carbocycles. The van der Waals surface area contributed by atoms with E-state index < -0.39 is 12.1 Å². The van der Waals surface area contributed by atoms with Gasteiger partial charge in [-0.05, 0) is 42.1 Å². The molecule has 1 fully saturated rings. The molecule has 1 amide bonds.